The summed E-state index contributed by atoms with van der Waals surface area (Å²) < 4.78 is 6.98. The van der Waals surface area contributed by atoms with Gasteiger partial charge in [-0.25, -0.2) is 0 Å². The van der Waals surface area contributed by atoms with E-state index in [-0.39, 0.29) is 17.6 Å². The van der Waals surface area contributed by atoms with Crippen LogP contribution in [0.5, 0.6) is 11.5 Å². The van der Waals surface area contributed by atoms with E-state index in [9.17, 15) is 15.0 Å². The Morgan fingerprint density at radius 2 is 2.12 bits per heavy atom. The van der Waals surface area contributed by atoms with Crippen LogP contribution in [0.1, 0.15) is 43.2 Å². The number of piperidine rings is 1. The summed E-state index contributed by atoms with van der Waals surface area (Å²) in [6.45, 7) is 2.09. The van der Waals surface area contributed by atoms with Gasteiger partial charge in [0.1, 0.15) is 11.6 Å². The van der Waals surface area contributed by atoms with Crippen LogP contribution in [0, 0.1) is 5.92 Å². The number of likely N-dealkylation sites (N-methyl/N-ethyl adjacent to an activating group) is 1. The molecule has 138 valence electrons. The number of phenols is 1. The van der Waals surface area contributed by atoms with Crippen molar-refractivity contribution in [3.8, 4) is 11.5 Å². The van der Waals surface area contributed by atoms with Gasteiger partial charge in [0.25, 0.3) is 0 Å². The van der Waals surface area contributed by atoms with E-state index in [0.717, 1.165) is 47.5 Å². The lowest BCUT2D eigenvalue weighted by Gasteiger charge is -2.64. The van der Waals surface area contributed by atoms with Crippen LogP contribution in [-0.2, 0) is 16.6 Å². The summed E-state index contributed by atoms with van der Waals surface area (Å²) in [6.07, 6.45) is 4.42. The Hall–Kier alpha value is -1.59. The fraction of sp³-hybridized carbons (Fsp3) is 0.667. The molecule has 2 N–H and O–H groups in total. The molecule has 3 fully saturated rings. The average Bonchev–Trinajstić information content (AvgIpc) is 3.32. The third-order valence-corrected chi connectivity index (χ3v) is 8.28. The summed E-state index contributed by atoms with van der Waals surface area (Å²) in [5.74, 6) is 1.42. The Balaban J connectivity index is 1.60. The van der Waals surface area contributed by atoms with Gasteiger partial charge in [-0.05, 0) is 30.9 Å². The SMILES string of the molecule is C[N+]1(CC2CC2)CCC23c4c5ccc(O)c4O[C@H]2C(=O)CC[C@]3(O)C1C5. The van der Waals surface area contributed by atoms with Crippen molar-refractivity contribution in [1.29, 1.82) is 0 Å². The molecule has 5 atom stereocenters. The van der Waals surface area contributed by atoms with Gasteiger partial charge in [-0.2, -0.15) is 0 Å². The Kier molecular flexibility index (Phi) is 2.65. The summed E-state index contributed by atoms with van der Waals surface area (Å²) in [5.41, 5.74) is 0.492. The van der Waals surface area contributed by atoms with Crippen molar-refractivity contribution in [3.63, 3.8) is 0 Å². The van der Waals surface area contributed by atoms with Crippen LogP contribution < -0.4 is 4.74 Å². The monoisotopic (exact) mass is 356 g/mol. The van der Waals surface area contributed by atoms with Gasteiger partial charge in [0, 0.05) is 30.7 Å². The third kappa shape index (κ3) is 1.55. The topological polar surface area (TPSA) is 66.8 Å². The first-order valence-electron chi connectivity index (χ1n) is 10.0. The smallest absolute Gasteiger partial charge is 0.174 e. The van der Waals surface area contributed by atoms with Crippen molar-refractivity contribution in [2.24, 2.45) is 5.92 Å². The molecule has 1 aromatic carbocycles. The molecule has 26 heavy (non-hydrogen) atoms. The minimum atomic E-state index is -0.931. The lowest BCUT2D eigenvalue weighted by atomic mass is 9.48. The minimum absolute atomic E-state index is 0.0789. The molecule has 1 spiro atoms. The number of likely N-dealkylation sites (tertiary alicyclic amines) is 1. The number of hydrogen-bond acceptors (Lipinski definition) is 4. The van der Waals surface area contributed by atoms with E-state index in [1.165, 1.54) is 12.8 Å². The van der Waals surface area contributed by atoms with Crippen molar-refractivity contribution >= 4 is 5.78 Å². The molecule has 6 rings (SSSR count). The van der Waals surface area contributed by atoms with E-state index in [2.05, 4.69) is 7.05 Å². The number of ether oxygens (including phenoxy) is 1. The van der Waals surface area contributed by atoms with Crippen molar-refractivity contribution in [1.82, 2.24) is 0 Å². The van der Waals surface area contributed by atoms with E-state index in [4.69, 9.17) is 4.74 Å². The average molecular weight is 356 g/mol. The van der Waals surface area contributed by atoms with E-state index < -0.39 is 17.1 Å². The molecule has 0 radical (unpaired) electrons. The molecule has 0 amide bonds. The second-order valence-electron chi connectivity index (χ2n) is 9.61. The molecule has 3 aliphatic carbocycles. The zero-order chi connectivity index (χ0) is 17.9. The van der Waals surface area contributed by atoms with Crippen LogP contribution in [0.3, 0.4) is 0 Å². The number of carbonyl (C=O) groups is 1. The fourth-order valence-electron chi connectivity index (χ4n) is 6.94. The second-order valence-corrected chi connectivity index (χ2v) is 9.61. The number of phenolic OH excluding ortho intramolecular Hbond substituents is 1. The van der Waals surface area contributed by atoms with Crippen LogP contribution in [0.25, 0.3) is 0 Å². The first kappa shape index (κ1) is 15.5. The van der Waals surface area contributed by atoms with E-state index >= 15 is 0 Å². The first-order chi connectivity index (χ1) is 12.4. The molecule has 3 unspecified atom stereocenters. The molecule has 5 aliphatic rings. The first-order valence-corrected chi connectivity index (χ1v) is 10.0. The van der Waals surface area contributed by atoms with Crippen LogP contribution in [0.4, 0.5) is 0 Å². The molecule has 5 heteroatoms. The number of quaternary nitrogens is 1. The number of Topliss-reactive ketones (excluding diaryl/α,β-unsaturated/α-hetero) is 1. The Morgan fingerprint density at radius 3 is 2.88 bits per heavy atom. The number of ketones is 1. The van der Waals surface area contributed by atoms with E-state index in [0.29, 0.717) is 18.6 Å². The molecule has 0 aromatic heterocycles. The Labute approximate surface area is 153 Å². The third-order valence-electron chi connectivity index (χ3n) is 8.28. The van der Waals surface area contributed by atoms with Crippen LogP contribution in [0.2, 0.25) is 0 Å². The largest absolute Gasteiger partial charge is 0.504 e. The molecule has 2 aliphatic heterocycles. The highest BCUT2D eigenvalue weighted by Crippen LogP contribution is 2.65. The zero-order valence-corrected chi connectivity index (χ0v) is 15.2. The Morgan fingerprint density at radius 1 is 1.31 bits per heavy atom. The maximum absolute atomic E-state index is 12.8. The summed E-state index contributed by atoms with van der Waals surface area (Å²) in [4.78, 5) is 12.8. The van der Waals surface area contributed by atoms with Crippen molar-refractivity contribution in [3.05, 3.63) is 23.3 Å². The van der Waals surface area contributed by atoms with Crippen LogP contribution >= 0.6 is 0 Å². The Bertz CT molecular complexity index is 849. The molecular weight excluding hydrogens is 330 g/mol. The van der Waals surface area contributed by atoms with Crippen molar-refractivity contribution in [2.75, 3.05) is 20.1 Å². The lowest BCUT2D eigenvalue weighted by Crippen LogP contribution is -2.80. The second kappa shape index (κ2) is 4.45. The summed E-state index contributed by atoms with van der Waals surface area (Å²) in [7, 11) is 2.31. The number of rotatable bonds is 2. The van der Waals surface area contributed by atoms with Gasteiger partial charge >= 0.3 is 0 Å². The van der Waals surface area contributed by atoms with Gasteiger partial charge in [-0.15, -0.1) is 0 Å². The molecule has 2 heterocycles. The lowest BCUT2D eigenvalue weighted by molar-refractivity contribution is -0.950. The van der Waals surface area contributed by atoms with Gasteiger partial charge in [0.15, 0.2) is 23.4 Å². The molecule has 1 aromatic rings. The van der Waals surface area contributed by atoms with Crippen LogP contribution in [-0.4, -0.2) is 58.4 Å². The highest BCUT2D eigenvalue weighted by molar-refractivity contribution is 5.90. The van der Waals surface area contributed by atoms with Crippen LogP contribution in [0.15, 0.2) is 12.1 Å². The number of nitrogens with zero attached hydrogens (tertiary/aromatic N) is 1. The predicted molar refractivity (Wildman–Crippen MR) is 94.1 cm³/mol. The number of aromatic hydroxyl groups is 1. The number of aliphatic hydroxyl groups is 1. The minimum Gasteiger partial charge on any atom is -0.504 e. The van der Waals surface area contributed by atoms with E-state index in [1.807, 2.05) is 6.07 Å². The number of hydrogen-bond donors (Lipinski definition) is 2. The maximum Gasteiger partial charge on any atom is 0.174 e. The van der Waals surface area contributed by atoms with Crippen molar-refractivity contribution < 1.29 is 24.2 Å². The molecule has 2 bridgehead atoms. The quantitative estimate of drug-likeness (QED) is 0.791. The summed E-state index contributed by atoms with van der Waals surface area (Å²) >= 11 is 0. The summed E-state index contributed by atoms with van der Waals surface area (Å²) in [5, 5.41) is 22.5. The highest BCUT2D eigenvalue weighted by atomic mass is 16.5. The molecule has 5 nitrogen and oxygen atoms in total. The normalized spacial score (nSPS) is 45.2. The van der Waals surface area contributed by atoms with Gasteiger partial charge in [0.2, 0.25) is 0 Å². The predicted octanol–water partition coefficient (Wildman–Crippen LogP) is 1.67. The van der Waals surface area contributed by atoms with E-state index in [1.54, 1.807) is 6.07 Å². The maximum atomic E-state index is 12.8. The molecular formula is C21H26NO4+. The molecule has 1 saturated heterocycles. The highest BCUT2D eigenvalue weighted by Gasteiger charge is 2.76. The van der Waals surface area contributed by atoms with Gasteiger partial charge < -0.3 is 19.4 Å². The zero-order valence-electron chi connectivity index (χ0n) is 15.2. The molecule has 2 saturated carbocycles. The van der Waals surface area contributed by atoms with Gasteiger partial charge in [0.05, 0.1) is 25.6 Å². The standard InChI is InChI=1S/C21H25NO4/c1-22(11-12-2-3-12)9-8-20-17-13-4-5-14(23)18(17)26-19(20)15(24)6-7-21(20,25)16(22)10-13/h4-5,12,16,19,25H,2-3,6-11H2,1H3/p+1/t16?,19-,20?,21-,22?/m0/s1. The van der Waals surface area contributed by atoms with Gasteiger partial charge in [-0.3, -0.25) is 4.79 Å². The number of carbonyl (C=O) groups excluding carboxylic acids is 1. The number of benzene rings is 1. The summed E-state index contributed by atoms with van der Waals surface area (Å²) in [6, 6.07) is 3.77. The van der Waals surface area contributed by atoms with Gasteiger partial charge in [-0.1, -0.05) is 6.07 Å². The van der Waals surface area contributed by atoms with Crippen molar-refractivity contribution in [2.45, 2.75) is 61.7 Å². The fourth-order valence-corrected chi connectivity index (χ4v) is 6.94.